The normalized spacial score (nSPS) is 25.2. The number of aliphatic hydroxyl groups is 1. The Bertz CT molecular complexity index is 897. The molecule has 0 bridgehead atoms. The summed E-state index contributed by atoms with van der Waals surface area (Å²) in [4.78, 5) is 2.54. The molecule has 2 aliphatic rings. The van der Waals surface area contributed by atoms with Crippen LogP contribution in [-0.4, -0.2) is 53.1 Å². The molecule has 1 fully saturated rings. The summed E-state index contributed by atoms with van der Waals surface area (Å²) in [5, 5.41) is 18.5. The van der Waals surface area contributed by atoms with E-state index >= 15 is 0 Å². The molecule has 0 radical (unpaired) electrons. The zero-order valence-corrected chi connectivity index (χ0v) is 19.8. The summed E-state index contributed by atoms with van der Waals surface area (Å²) in [5.74, 6) is 4.35. The van der Waals surface area contributed by atoms with Crippen LogP contribution in [-0.2, 0) is 6.42 Å². The lowest BCUT2D eigenvalue weighted by atomic mass is 9.69. The number of nitrogens with zero attached hydrogens (tertiary/aromatic N) is 3. The van der Waals surface area contributed by atoms with Crippen LogP contribution in [0.5, 0.6) is 5.75 Å². The number of aromatic nitrogens is 2. The van der Waals surface area contributed by atoms with Crippen LogP contribution in [0, 0.1) is 23.7 Å². The Kier molecular flexibility index (Phi) is 7.31. The zero-order valence-electron chi connectivity index (χ0n) is 19.8. The average molecular weight is 440 g/mol. The van der Waals surface area contributed by atoms with Gasteiger partial charge in [-0.05, 0) is 74.1 Å². The summed E-state index contributed by atoms with van der Waals surface area (Å²) in [6, 6.07) is 7.70. The van der Waals surface area contributed by atoms with Crippen LogP contribution >= 0.6 is 0 Å². The highest BCUT2D eigenvalue weighted by Gasteiger charge is 2.34. The monoisotopic (exact) mass is 439 g/mol. The van der Waals surface area contributed by atoms with Crippen molar-refractivity contribution in [1.29, 1.82) is 0 Å². The minimum atomic E-state index is -0.114. The molecular weight excluding hydrogens is 402 g/mol. The van der Waals surface area contributed by atoms with Crippen molar-refractivity contribution < 1.29 is 14.3 Å². The fourth-order valence-corrected chi connectivity index (χ4v) is 5.28. The van der Waals surface area contributed by atoms with E-state index in [0.29, 0.717) is 35.5 Å². The second kappa shape index (κ2) is 10.2. The van der Waals surface area contributed by atoms with Crippen LogP contribution in [0.2, 0.25) is 0 Å². The SMILES string of the molecule is COc1ccc(-c2nnc(C[C@@H]3C[C@@H](C(C)C)[C@H](CN4CCC(O)CC4)C=C3C)o2)cc1. The summed E-state index contributed by atoms with van der Waals surface area (Å²) in [6.45, 7) is 10.1. The molecule has 4 rings (SSSR count). The Morgan fingerprint density at radius 2 is 1.88 bits per heavy atom. The van der Waals surface area contributed by atoms with Gasteiger partial charge in [-0.1, -0.05) is 25.5 Å². The number of methoxy groups -OCH3 is 1. The molecule has 32 heavy (non-hydrogen) atoms. The van der Waals surface area contributed by atoms with E-state index in [0.717, 1.165) is 56.6 Å². The Balaban J connectivity index is 1.43. The van der Waals surface area contributed by atoms with Crippen molar-refractivity contribution in [2.75, 3.05) is 26.7 Å². The number of benzene rings is 1. The van der Waals surface area contributed by atoms with Gasteiger partial charge in [0.1, 0.15) is 5.75 Å². The Morgan fingerprint density at radius 1 is 1.16 bits per heavy atom. The topological polar surface area (TPSA) is 71.6 Å². The first-order valence-electron chi connectivity index (χ1n) is 12.0. The maximum atomic E-state index is 9.82. The number of piperidine rings is 1. The van der Waals surface area contributed by atoms with Crippen molar-refractivity contribution in [3.63, 3.8) is 0 Å². The van der Waals surface area contributed by atoms with Crippen molar-refractivity contribution in [2.45, 2.75) is 52.6 Å². The second-order valence-electron chi connectivity index (χ2n) is 9.88. The maximum absolute atomic E-state index is 9.82. The molecule has 2 aromatic rings. The first kappa shape index (κ1) is 23.0. The average Bonchev–Trinajstić information content (AvgIpc) is 3.25. The highest BCUT2D eigenvalue weighted by Crippen LogP contribution is 2.39. The maximum Gasteiger partial charge on any atom is 0.247 e. The van der Waals surface area contributed by atoms with Crippen LogP contribution < -0.4 is 4.74 Å². The number of ether oxygens (including phenoxy) is 1. The number of rotatable bonds is 7. The van der Waals surface area contributed by atoms with Gasteiger partial charge in [-0.2, -0.15) is 0 Å². The van der Waals surface area contributed by atoms with Crippen LogP contribution in [0.1, 0.15) is 45.9 Å². The van der Waals surface area contributed by atoms with E-state index in [1.54, 1.807) is 7.11 Å². The van der Waals surface area contributed by atoms with E-state index in [1.165, 1.54) is 5.57 Å². The molecular formula is C26H37N3O3. The molecule has 0 amide bonds. The molecule has 2 heterocycles. The summed E-state index contributed by atoms with van der Waals surface area (Å²) >= 11 is 0. The third kappa shape index (κ3) is 5.41. The Labute approximate surface area is 191 Å². The smallest absolute Gasteiger partial charge is 0.247 e. The van der Waals surface area contributed by atoms with Gasteiger partial charge in [0.25, 0.3) is 0 Å². The Hall–Kier alpha value is -2.18. The van der Waals surface area contributed by atoms with Gasteiger partial charge in [-0.3, -0.25) is 0 Å². The predicted molar refractivity (Wildman–Crippen MR) is 125 cm³/mol. The van der Waals surface area contributed by atoms with Crippen LogP contribution in [0.3, 0.4) is 0 Å². The number of aliphatic hydroxyl groups excluding tert-OH is 1. The van der Waals surface area contributed by atoms with E-state index in [1.807, 2.05) is 24.3 Å². The zero-order chi connectivity index (χ0) is 22.7. The quantitative estimate of drug-likeness (QED) is 0.636. The lowest BCUT2D eigenvalue weighted by Crippen LogP contribution is -2.42. The van der Waals surface area contributed by atoms with Crippen LogP contribution in [0.15, 0.2) is 40.3 Å². The van der Waals surface area contributed by atoms with Gasteiger partial charge >= 0.3 is 0 Å². The van der Waals surface area contributed by atoms with Gasteiger partial charge in [0, 0.05) is 31.6 Å². The molecule has 6 heteroatoms. The lowest BCUT2D eigenvalue weighted by Gasteiger charge is -2.40. The molecule has 0 spiro atoms. The first-order valence-corrected chi connectivity index (χ1v) is 12.0. The molecule has 1 aromatic carbocycles. The van der Waals surface area contributed by atoms with Crippen LogP contribution in [0.4, 0.5) is 0 Å². The minimum absolute atomic E-state index is 0.114. The fraction of sp³-hybridized carbons (Fsp3) is 0.615. The molecule has 1 N–H and O–H groups in total. The molecule has 174 valence electrons. The molecule has 3 atom stereocenters. The molecule has 1 aliphatic carbocycles. The second-order valence-corrected chi connectivity index (χ2v) is 9.88. The van der Waals surface area contributed by atoms with Gasteiger partial charge in [0.05, 0.1) is 13.2 Å². The minimum Gasteiger partial charge on any atom is -0.497 e. The van der Waals surface area contributed by atoms with E-state index in [9.17, 15) is 5.11 Å². The highest BCUT2D eigenvalue weighted by atomic mass is 16.5. The van der Waals surface area contributed by atoms with Crippen molar-refractivity contribution in [2.24, 2.45) is 23.7 Å². The fourth-order valence-electron chi connectivity index (χ4n) is 5.28. The van der Waals surface area contributed by atoms with Gasteiger partial charge in [0.15, 0.2) is 0 Å². The summed E-state index contributed by atoms with van der Waals surface area (Å²) < 4.78 is 11.3. The van der Waals surface area contributed by atoms with Gasteiger partial charge < -0.3 is 19.2 Å². The molecule has 6 nitrogen and oxygen atoms in total. The molecule has 0 unspecified atom stereocenters. The van der Waals surface area contributed by atoms with Gasteiger partial charge in [-0.15, -0.1) is 10.2 Å². The Morgan fingerprint density at radius 3 is 2.53 bits per heavy atom. The number of hydrogen-bond donors (Lipinski definition) is 1. The summed E-state index contributed by atoms with van der Waals surface area (Å²) in [7, 11) is 1.66. The van der Waals surface area contributed by atoms with E-state index in [-0.39, 0.29) is 6.10 Å². The number of likely N-dealkylation sites (tertiary alicyclic amines) is 1. The standard InChI is InChI=1S/C26H37N3O3/c1-17(2)24-14-20(18(3)13-21(24)16-29-11-9-22(30)10-12-29)15-25-27-28-26(32-25)19-5-7-23(31-4)8-6-19/h5-8,13,17,20-22,24,30H,9-12,14-16H2,1-4H3/t20-,21-,24-/m0/s1. The third-order valence-corrected chi connectivity index (χ3v) is 7.33. The van der Waals surface area contributed by atoms with Crippen molar-refractivity contribution in [1.82, 2.24) is 15.1 Å². The predicted octanol–water partition coefficient (Wildman–Crippen LogP) is 4.60. The van der Waals surface area contributed by atoms with E-state index in [4.69, 9.17) is 9.15 Å². The molecule has 1 aromatic heterocycles. The summed E-state index contributed by atoms with van der Waals surface area (Å²) in [5.41, 5.74) is 2.35. The summed E-state index contributed by atoms with van der Waals surface area (Å²) in [6.07, 6.45) is 6.14. The molecule has 1 saturated heterocycles. The highest BCUT2D eigenvalue weighted by molar-refractivity contribution is 5.53. The first-order chi connectivity index (χ1) is 15.4. The van der Waals surface area contributed by atoms with Crippen LogP contribution in [0.25, 0.3) is 11.5 Å². The lowest BCUT2D eigenvalue weighted by molar-refractivity contribution is 0.0670. The molecule has 1 aliphatic heterocycles. The van der Waals surface area contributed by atoms with Gasteiger partial charge in [-0.25, -0.2) is 0 Å². The van der Waals surface area contributed by atoms with E-state index in [2.05, 4.69) is 41.9 Å². The van der Waals surface area contributed by atoms with Gasteiger partial charge in [0.2, 0.25) is 11.8 Å². The third-order valence-electron chi connectivity index (χ3n) is 7.33. The number of allylic oxidation sites excluding steroid dienone is 1. The molecule has 0 saturated carbocycles. The van der Waals surface area contributed by atoms with Crippen molar-refractivity contribution in [3.05, 3.63) is 41.8 Å². The number of hydrogen-bond acceptors (Lipinski definition) is 6. The van der Waals surface area contributed by atoms with Crippen molar-refractivity contribution in [3.8, 4) is 17.2 Å². The van der Waals surface area contributed by atoms with E-state index < -0.39 is 0 Å². The largest absolute Gasteiger partial charge is 0.497 e. The van der Waals surface area contributed by atoms with Crippen molar-refractivity contribution >= 4 is 0 Å².